The van der Waals surface area contributed by atoms with E-state index in [2.05, 4.69) is 10.2 Å². The summed E-state index contributed by atoms with van der Waals surface area (Å²) in [5, 5.41) is 11.4. The molecule has 0 aliphatic carbocycles. The first-order chi connectivity index (χ1) is 10.5. The van der Waals surface area contributed by atoms with Crippen molar-refractivity contribution < 1.29 is 14.7 Å². The van der Waals surface area contributed by atoms with Crippen molar-refractivity contribution in [1.29, 1.82) is 0 Å². The minimum atomic E-state index is -0.797. The van der Waals surface area contributed by atoms with E-state index in [-0.39, 0.29) is 12.5 Å². The molecule has 0 aromatic heterocycles. The van der Waals surface area contributed by atoms with Crippen molar-refractivity contribution in [3.05, 3.63) is 29.8 Å². The third kappa shape index (κ3) is 5.37. The summed E-state index contributed by atoms with van der Waals surface area (Å²) in [5.41, 5.74) is 6.16. The summed E-state index contributed by atoms with van der Waals surface area (Å²) in [5.74, 6) is 0.616. The number of hydrogen-bond donors (Lipinski definition) is 3. The molecule has 2 rings (SSSR count). The summed E-state index contributed by atoms with van der Waals surface area (Å²) in [6, 6.07) is 6.55. The summed E-state index contributed by atoms with van der Waals surface area (Å²) in [6.07, 6.45) is 4.24. The third-order valence-electron chi connectivity index (χ3n) is 4.11. The van der Waals surface area contributed by atoms with Crippen LogP contribution in [0.1, 0.15) is 24.8 Å². The monoisotopic (exact) mass is 305 g/mol. The number of aryl methyl sites for hydroxylation is 1. The number of primary amides is 1. The first kappa shape index (κ1) is 16.3. The molecule has 3 amide bonds. The van der Waals surface area contributed by atoms with Gasteiger partial charge in [-0.3, -0.25) is 15.0 Å². The van der Waals surface area contributed by atoms with Crippen LogP contribution in [0.4, 0.5) is 4.79 Å². The van der Waals surface area contributed by atoms with Crippen molar-refractivity contribution in [2.24, 2.45) is 11.7 Å². The molecule has 4 N–H and O–H groups in total. The fraction of sp³-hybridized carbons (Fsp3) is 0.500. The molecule has 0 bridgehead atoms. The Labute approximate surface area is 130 Å². The number of imide groups is 1. The van der Waals surface area contributed by atoms with Crippen LogP contribution in [0, 0.1) is 5.92 Å². The van der Waals surface area contributed by atoms with E-state index >= 15 is 0 Å². The Morgan fingerprint density at radius 2 is 1.86 bits per heavy atom. The molecule has 1 heterocycles. The lowest BCUT2D eigenvalue weighted by atomic mass is 9.90. The van der Waals surface area contributed by atoms with Gasteiger partial charge in [0.1, 0.15) is 5.75 Å². The Hall–Kier alpha value is -2.08. The van der Waals surface area contributed by atoms with Gasteiger partial charge < -0.3 is 10.8 Å². The highest BCUT2D eigenvalue weighted by Crippen LogP contribution is 2.22. The average molecular weight is 305 g/mol. The van der Waals surface area contributed by atoms with E-state index in [1.807, 2.05) is 12.1 Å². The van der Waals surface area contributed by atoms with E-state index in [1.54, 1.807) is 12.1 Å². The fourth-order valence-corrected chi connectivity index (χ4v) is 2.85. The predicted molar refractivity (Wildman–Crippen MR) is 83.3 cm³/mol. The molecule has 1 aliphatic heterocycles. The molecule has 0 atom stereocenters. The maximum Gasteiger partial charge on any atom is 0.318 e. The van der Waals surface area contributed by atoms with Crippen LogP contribution in [-0.2, 0) is 11.2 Å². The first-order valence-electron chi connectivity index (χ1n) is 7.62. The van der Waals surface area contributed by atoms with Gasteiger partial charge in [0.05, 0.1) is 6.54 Å². The molecule has 22 heavy (non-hydrogen) atoms. The van der Waals surface area contributed by atoms with Gasteiger partial charge in [0.25, 0.3) is 0 Å². The number of benzene rings is 1. The number of urea groups is 1. The average Bonchev–Trinajstić information content (AvgIpc) is 2.47. The van der Waals surface area contributed by atoms with Crippen LogP contribution in [0.25, 0.3) is 0 Å². The summed E-state index contributed by atoms with van der Waals surface area (Å²) in [4.78, 5) is 24.1. The van der Waals surface area contributed by atoms with Crippen molar-refractivity contribution in [1.82, 2.24) is 10.2 Å². The molecule has 0 saturated carbocycles. The highest BCUT2D eigenvalue weighted by molar-refractivity contribution is 5.94. The maximum atomic E-state index is 11.5. The number of hydrogen-bond acceptors (Lipinski definition) is 4. The minimum absolute atomic E-state index is 0.230. The van der Waals surface area contributed by atoms with Crippen molar-refractivity contribution >= 4 is 11.9 Å². The lowest BCUT2D eigenvalue weighted by molar-refractivity contribution is -0.121. The zero-order valence-electron chi connectivity index (χ0n) is 12.6. The molecule has 1 aromatic rings. The second-order valence-electron chi connectivity index (χ2n) is 5.84. The van der Waals surface area contributed by atoms with Crippen LogP contribution >= 0.6 is 0 Å². The van der Waals surface area contributed by atoms with Gasteiger partial charge in [-0.2, -0.15) is 0 Å². The molecule has 1 fully saturated rings. The number of piperidine rings is 1. The zero-order chi connectivity index (χ0) is 15.9. The van der Waals surface area contributed by atoms with Gasteiger partial charge in [0.15, 0.2) is 0 Å². The molecule has 6 nitrogen and oxygen atoms in total. The number of rotatable bonds is 5. The van der Waals surface area contributed by atoms with Gasteiger partial charge in [-0.05, 0) is 62.4 Å². The largest absolute Gasteiger partial charge is 0.508 e. The lowest BCUT2D eigenvalue weighted by Crippen LogP contribution is -2.44. The molecule has 120 valence electrons. The number of amides is 3. The van der Waals surface area contributed by atoms with Crippen LogP contribution in [0.15, 0.2) is 24.3 Å². The maximum absolute atomic E-state index is 11.5. The number of carbonyl (C=O) groups is 2. The molecular formula is C16H23N3O3. The van der Waals surface area contributed by atoms with Crippen molar-refractivity contribution in [3.63, 3.8) is 0 Å². The molecule has 1 aromatic carbocycles. The van der Waals surface area contributed by atoms with Gasteiger partial charge in [-0.25, -0.2) is 4.79 Å². The van der Waals surface area contributed by atoms with Gasteiger partial charge >= 0.3 is 6.03 Å². The van der Waals surface area contributed by atoms with Crippen LogP contribution in [0.3, 0.4) is 0 Å². The molecule has 1 saturated heterocycles. The standard InChI is InChI=1S/C16H23N3O3/c17-16(22)18-15(21)11-19-9-7-13(8-10-19)2-1-12-3-5-14(20)6-4-12/h3-6,13,20H,1-2,7-11H2,(H3,17,18,21,22). The van der Waals surface area contributed by atoms with Crippen LogP contribution < -0.4 is 11.1 Å². The second-order valence-corrected chi connectivity index (χ2v) is 5.84. The second kappa shape index (κ2) is 7.79. The minimum Gasteiger partial charge on any atom is -0.508 e. The summed E-state index contributed by atoms with van der Waals surface area (Å²) >= 11 is 0. The Bertz CT molecular complexity index is 508. The van der Waals surface area contributed by atoms with E-state index in [0.717, 1.165) is 38.8 Å². The fourth-order valence-electron chi connectivity index (χ4n) is 2.85. The number of nitrogens with one attached hydrogen (secondary N) is 1. The number of nitrogens with zero attached hydrogens (tertiary/aromatic N) is 1. The molecule has 0 radical (unpaired) electrons. The highest BCUT2D eigenvalue weighted by Gasteiger charge is 2.21. The van der Waals surface area contributed by atoms with E-state index in [4.69, 9.17) is 5.73 Å². The van der Waals surface area contributed by atoms with Gasteiger partial charge in [-0.1, -0.05) is 12.1 Å². The van der Waals surface area contributed by atoms with Gasteiger partial charge in [0, 0.05) is 0 Å². The molecule has 6 heteroatoms. The van der Waals surface area contributed by atoms with Gasteiger partial charge in [0.2, 0.25) is 5.91 Å². The smallest absolute Gasteiger partial charge is 0.318 e. The topological polar surface area (TPSA) is 95.7 Å². The Balaban J connectivity index is 1.67. The number of nitrogens with two attached hydrogens (primary N) is 1. The van der Waals surface area contributed by atoms with Crippen molar-refractivity contribution in [2.45, 2.75) is 25.7 Å². The quantitative estimate of drug-likeness (QED) is 0.762. The van der Waals surface area contributed by atoms with E-state index in [0.29, 0.717) is 11.7 Å². The van der Waals surface area contributed by atoms with Crippen LogP contribution in [0.5, 0.6) is 5.75 Å². The molecule has 0 unspecified atom stereocenters. The number of likely N-dealkylation sites (tertiary alicyclic amines) is 1. The first-order valence-corrected chi connectivity index (χ1v) is 7.62. The number of carbonyl (C=O) groups excluding carboxylic acids is 2. The van der Waals surface area contributed by atoms with E-state index in [1.165, 1.54) is 5.56 Å². The van der Waals surface area contributed by atoms with E-state index in [9.17, 15) is 14.7 Å². The van der Waals surface area contributed by atoms with E-state index < -0.39 is 6.03 Å². The lowest BCUT2D eigenvalue weighted by Gasteiger charge is -2.31. The normalized spacial score (nSPS) is 16.4. The summed E-state index contributed by atoms with van der Waals surface area (Å²) < 4.78 is 0. The molecule has 0 spiro atoms. The van der Waals surface area contributed by atoms with Crippen LogP contribution in [-0.4, -0.2) is 41.6 Å². The molecular weight excluding hydrogens is 282 g/mol. The SMILES string of the molecule is NC(=O)NC(=O)CN1CCC(CCc2ccc(O)cc2)CC1. The Kier molecular flexibility index (Phi) is 5.77. The zero-order valence-corrected chi connectivity index (χ0v) is 12.6. The number of aromatic hydroxyl groups is 1. The van der Waals surface area contributed by atoms with Crippen molar-refractivity contribution in [3.8, 4) is 5.75 Å². The highest BCUT2D eigenvalue weighted by atomic mass is 16.3. The summed E-state index contributed by atoms with van der Waals surface area (Å²) in [7, 11) is 0. The Morgan fingerprint density at radius 1 is 1.23 bits per heavy atom. The number of phenols is 1. The Morgan fingerprint density at radius 3 is 2.45 bits per heavy atom. The predicted octanol–water partition coefficient (Wildman–Crippen LogP) is 1.23. The van der Waals surface area contributed by atoms with Crippen molar-refractivity contribution in [2.75, 3.05) is 19.6 Å². The molecule has 1 aliphatic rings. The van der Waals surface area contributed by atoms with Crippen LogP contribution in [0.2, 0.25) is 0 Å². The summed E-state index contributed by atoms with van der Waals surface area (Å²) in [6.45, 7) is 1.96. The third-order valence-corrected chi connectivity index (χ3v) is 4.11. The van der Waals surface area contributed by atoms with Gasteiger partial charge in [-0.15, -0.1) is 0 Å². The number of phenolic OH excluding ortho intramolecular Hbond substituents is 1.